The minimum atomic E-state index is 0.0350. The monoisotopic (exact) mass is 164 g/mol. The molecule has 1 fully saturated rings. The summed E-state index contributed by atoms with van der Waals surface area (Å²) < 4.78 is 0. The number of hydrogen-bond acceptors (Lipinski definition) is 1. The maximum absolute atomic E-state index is 11.2. The number of rotatable bonds is 1. The zero-order chi connectivity index (χ0) is 8.39. The topological polar surface area (TPSA) is 32.3 Å². The molecule has 0 atom stereocenters. The van der Waals surface area contributed by atoms with Crippen LogP contribution in [0.3, 0.4) is 0 Å². The third kappa shape index (κ3) is 1.22. The number of urea groups is 1. The molecule has 1 saturated heterocycles. The van der Waals surface area contributed by atoms with Crippen LogP contribution in [0.25, 0.3) is 0 Å². The Morgan fingerprint density at radius 3 is 2.92 bits per heavy atom. The quantitative estimate of drug-likeness (QED) is 0.621. The fourth-order valence-corrected chi connectivity index (χ4v) is 1.52. The molecule has 0 aromatic heterocycles. The third-order valence-electron chi connectivity index (χ3n) is 2.14. The lowest BCUT2D eigenvalue weighted by Gasteiger charge is -2.17. The van der Waals surface area contributed by atoms with Crippen molar-refractivity contribution in [3.05, 3.63) is 23.9 Å². The van der Waals surface area contributed by atoms with E-state index in [-0.39, 0.29) is 6.03 Å². The van der Waals surface area contributed by atoms with E-state index in [1.807, 2.05) is 6.08 Å². The zero-order valence-electron chi connectivity index (χ0n) is 6.92. The van der Waals surface area contributed by atoms with Crippen molar-refractivity contribution in [1.29, 1.82) is 0 Å². The first kappa shape index (κ1) is 7.40. The Balaban J connectivity index is 2.13. The van der Waals surface area contributed by atoms with E-state index in [2.05, 4.69) is 17.5 Å². The van der Waals surface area contributed by atoms with Gasteiger partial charge >= 0.3 is 6.03 Å². The minimum absolute atomic E-state index is 0.0350. The lowest BCUT2D eigenvalue weighted by atomic mass is 10.1. The van der Waals surface area contributed by atoms with Crippen LogP contribution < -0.4 is 5.32 Å². The lowest BCUT2D eigenvalue weighted by Crippen LogP contribution is -2.27. The van der Waals surface area contributed by atoms with Crippen LogP contribution in [0.1, 0.15) is 12.8 Å². The van der Waals surface area contributed by atoms with Gasteiger partial charge in [-0.05, 0) is 18.9 Å². The van der Waals surface area contributed by atoms with E-state index in [1.54, 1.807) is 4.90 Å². The number of allylic oxidation sites excluding steroid dienone is 3. The molecule has 1 aliphatic carbocycles. The van der Waals surface area contributed by atoms with Crippen LogP contribution in [-0.4, -0.2) is 24.0 Å². The van der Waals surface area contributed by atoms with E-state index >= 15 is 0 Å². The molecule has 0 unspecified atom stereocenters. The summed E-state index contributed by atoms with van der Waals surface area (Å²) in [4.78, 5) is 13.0. The molecule has 0 saturated carbocycles. The van der Waals surface area contributed by atoms with Crippen molar-refractivity contribution in [1.82, 2.24) is 10.2 Å². The molecule has 0 aromatic carbocycles. The second-order valence-corrected chi connectivity index (χ2v) is 2.99. The van der Waals surface area contributed by atoms with Crippen LogP contribution in [0.5, 0.6) is 0 Å². The number of amides is 2. The molecular formula is C9H12N2O. The van der Waals surface area contributed by atoms with Gasteiger partial charge in [0, 0.05) is 18.8 Å². The fourth-order valence-electron chi connectivity index (χ4n) is 1.52. The second kappa shape index (κ2) is 3.01. The molecule has 1 aliphatic heterocycles. The van der Waals surface area contributed by atoms with E-state index in [0.717, 1.165) is 31.6 Å². The first-order valence-electron chi connectivity index (χ1n) is 4.30. The van der Waals surface area contributed by atoms with Gasteiger partial charge in [-0.1, -0.05) is 12.2 Å². The Morgan fingerprint density at radius 2 is 2.33 bits per heavy atom. The molecule has 0 bridgehead atoms. The molecule has 64 valence electrons. The Hall–Kier alpha value is -1.25. The van der Waals surface area contributed by atoms with Gasteiger partial charge in [0.15, 0.2) is 0 Å². The van der Waals surface area contributed by atoms with E-state index in [4.69, 9.17) is 0 Å². The van der Waals surface area contributed by atoms with Crippen LogP contribution in [0, 0.1) is 0 Å². The van der Waals surface area contributed by atoms with Crippen molar-refractivity contribution in [2.75, 3.05) is 13.1 Å². The Morgan fingerprint density at radius 1 is 1.42 bits per heavy atom. The van der Waals surface area contributed by atoms with Crippen molar-refractivity contribution in [2.45, 2.75) is 12.8 Å². The van der Waals surface area contributed by atoms with Gasteiger partial charge in [-0.15, -0.1) is 0 Å². The van der Waals surface area contributed by atoms with Gasteiger partial charge in [0.25, 0.3) is 0 Å². The Labute approximate surface area is 71.7 Å². The average molecular weight is 164 g/mol. The molecule has 3 heteroatoms. The highest BCUT2D eigenvalue weighted by atomic mass is 16.2. The number of nitrogens with one attached hydrogen (secondary N) is 1. The van der Waals surface area contributed by atoms with Gasteiger partial charge in [0.1, 0.15) is 0 Å². The van der Waals surface area contributed by atoms with Crippen molar-refractivity contribution < 1.29 is 4.79 Å². The van der Waals surface area contributed by atoms with E-state index < -0.39 is 0 Å². The highest BCUT2D eigenvalue weighted by molar-refractivity contribution is 5.78. The second-order valence-electron chi connectivity index (χ2n) is 2.99. The van der Waals surface area contributed by atoms with Gasteiger partial charge in [-0.2, -0.15) is 0 Å². The molecule has 0 aromatic rings. The molecule has 1 N–H and O–H groups in total. The highest BCUT2D eigenvalue weighted by Gasteiger charge is 2.21. The molecule has 3 nitrogen and oxygen atoms in total. The minimum Gasteiger partial charge on any atom is -0.336 e. The van der Waals surface area contributed by atoms with Crippen LogP contribution in [-0.2, 0) is 0 Å². The standard InChI is InChI=1S/C9H12N2O/c12-9-10-6-7-11(9)8-4-2-1-3-5-8/h2,4-5H,1,3,6-7H2,(H,10,12). The fraction of sp³-hybridized carbons (Fsp3) is 0.444. The largest absolute Gasteiger partial charge is 0.336 e. The average Bonchev–Trinajstić information content (AvgIpc) is 2.53. The molecule has 0 spiro atoms. The predicted molar refractivity (Wildman–Crippen MR) is 46.6 cm³/mol. The van der Waals surface area contributed by atoms with Crippen LogP contribution in [0.15, 0.2) is 23.9 Å². The summed E-state index contributed by atoms with van der Waals surface area (Å²) in [6.07, 6.45) is 8.40. The molecule has 1 heterocycles. The smallest absolute Gasteiger partial charge is 0.321 e. The zero-order valence-corrected chi connectivity index (χ0v) is 6.92. The number of hydrogen-bond donors (Lipinski definition) is 1. The van der Waals surface area contributed by atoms with E-state index in [9.17, 15) is 4.79 Å². The first-order chi connectivity index (χ1) is 5.88. The van der Waals surface area contributed by atoms with Crippen molar-refractivity contribution in [2.24, 2.45) is 0 Å². The normalized spacial score (nSPS) is 22.5. The van der Waals surface area contributed by atoms with Gasteiger partial charge in [-0.3, -0.25) is 4.90 Å². The van der Waals surface area contributed by atoms with E-state index in [0.29, 0.717) is 0 Å². The summed E-state index contributed by atoms with van der Waals surface area (Å²) >= 11 is 0. The van der Waals surface area contributed by atoms with Crippen molar-refractivity contribution in [3.8, 4) is 0 Å². The summed E-state index contributed by atoms with van der Waals surface area (Å²) in [6.45, 7) is 1.57. The number of nitrogens with zero attached hydrogens (tertiary/aromatic N) is 1. The molecule has 0 radical (unpaired) electrons. The predicted octanol–water partition coefficient (Wildman–Crippen LogP) is 1.25. The number of carbonyl (C=O) groups is 1. The Kier molecular flexibility index (Phi) is 1.86. The maximum atomic E-state index is 11.2. The summed E-state index contributed by atoms with van der Waals surface area (Å²) in [5.41, 5.74) is 1.05. The van der Waals surface area contributed by atoms with Crippen LogP contribution in [0.2, 0.25) is 0 Å². The van der Waals surface area contributed by atoms with Gasteiger partial charge < -0.3 is 5.32 Å². The first-order valence-corrected chi connectivity index (χ1v) is 4.30. The lowest BCUT2D eigenvalue weighted by molar-refractivity contribution is 0.228. The SMILES string of the molecule is O=C1NCCN1C1=CCCC=C1. The van der Waals surface area contributed by atoms with Crippen LogP contribution in [0.4, 0.5) is 4.79 Å². The highest BCUT2D eigenvalue weighted by Crippen LogP contribution is 2.15. The molecule has 2 aliphatic rings. The summed E-state index contributed by atoms with van der Waals surface area (Å²) in [5.74, 6) is 0. The number of carbonyl (C=O) groups excluding carboxylic acids is 1. The van der Waals surface area contributed by atoms with E-state index in [1.165, 1.54) is 0 Å². The summed E-state index contributed by atoms with van der Waals surface area (Å²) in [7, 11) is 0. The third-order valence-corrected chi connectivity index (χ3v) is 2.14. The van der Waals surface area contributed by atoms with Crippen LogP contribution >= 0.6 is 0 Å². The van der Waals surface area contributed by atoms with Crippen molar-refractivity contribution in [3.63, 3.8) is 0 Å². The molecule has 12 heavy (non-hydrogen) atoms. The van der Waals surface area contributed by atoms with Gasteiger partial charge in [-0.25, -0.2) is 4.79 Å². The van der Waals surface area contributed by atoms with Gasteiger partial charge in [0.2, 0.25) is 0 Å². The molecule has 2 amide bonds. The molecule has 2 rings (SSSR count). The van der Waals surface area contributed by atoms with Gasteiger partial charge in [0.05, 0.1) is 0 Å². The molecular weight excluding hydrogens is 152 g/mol. The van der Waals surface area contributed by atoms with Crippen molar-refractivity contribution >= 4 is 6.03 Å². The summed E-state index contributed by atoms with van der Waals surface area (Å²) in [5, 5.41) is 2.78. The summed E-state index contributed by atoms with van der Waals surface area (Å²) in [6, 6.07) is 0.0350. The Bertz CT molecular complexity index is 255. The maximum Gasteiger partial charge on any atom is 0.321 e.